The van der Waals surface area contributed by atoms with Crippen molar-refractivity contribution in [2.75, 3.05) is 44.3 Å². The number of rotatable bonds is 10. The van der Waals surface area contributed by atoms with Crippen LogP contribution in [-0.2, 0) is 16.6 Å². The van der Waals surface area contributed by atoms with E-state index in [1.54, 1.807) is 22.6 Å². The van der Waals surface area contributed by atoms with Gasteiger partial charge >= 0.3 is 0 Å². The van der Waals surface area contributed by atoms with Gasteiger partial charge in [0.1, 0.15) is 10.4 Å². The highest BCUT2D eigenvalue weighted by Gasteiger charge is 2.44. The van der Waals surface area contributed by atoms with Crippen LogP contribution in [0.3, 0.4) is 0 Å². The number of carbonyl (C=O) groups excluding carboxylic acids is 2. The van der Waals surface area contributed by atoms with Crippen LogP contribution in [0.5, 0.6) is 5.88 Å². The molecule has 0 aliphatic carbocycles. The first-order valence-electron chi connectivity index (χ1n) is 17.0. The second kappa shape index (κ2) is 14.1. The minimum absolute atomic E-state index is 0.0393. The van der Waals surface area contributed by atoms with Crippen LogP contribution in [0.25, 0.3) is 39.0 Å². The molecule has 5 aromatic rings. The van der Waals surface area contributed by atoms with Gasteiger partial charge in [0.25, 0.3) is 0 Å². The molecule has 50 heavy (non-hydrogen) atoms. The molecule has 2 amide bonds. The summed E-state index contributed by atoms with van der Waals surface area (Å²) in [6.45, 7) is 6.69. The van der Waals surface area contributed by atoms with Crippen LogP contribution in [-0.4, -0.2) is 96.4 Å². The maximum absolute atomic E-state index is 13.8. The summed E-state index contributed by atoms with van der Waals surface area (Å²) >= 11 is 1.55. The quantitative estimate of drug-likeness (QED) is 0.187. The maximum atomic E-state index is 13.8. The van der Waals surface area contributed by atoms with Crippen molar-refractivity contribution in [2.24, 2.45) is 7.05 Å². The fraction of sp³-hybridized carbons (Fsp3) is 0.342. The van der Waals surface area contributed by atoms with Crippen molar-refractivity contribution in [3.63, 3.8) is 0 Å². The number of fused-ring (bicyclic) bond motifs is 1. The summed E-state index contributed by atoms with van der Waals surface area (Å²) in [5.41, 5.74) is 7.64. The molecule has 0 saturated carbocycles. The van der Waals surface area contributed by atoms with Crippen LogP contribution in [0, 0.1) is 0 Å². The van der Waals surface area contributed by atoms with E-state index < -0.39 is 4.75 Å². The third-order valence-corrected chi connectivity index (χ3v) is 10.8. The smallest absolute Gasteiger partial charge is 0.241 e. The molecular formula is C38H42N8O3S. The lowest BCUT2D eigenvalue weighted by molar-refractivity contribution is -0.132. The van der Waals surface area contributed by atoms with Gasteiger partial charge in [0.2, 0.25) is 17.7 Å². The van der Waals surface area contributed by atoms with Gasteiger partial charge in [-0.15, -0.1) is 11.8 Å². The average Bonchev–Trinajstić information content (AvgIpc) is 3.87. The molecule has 12 heteroatoms. The summed E-state index contributed by atoms with van der Waals surface area (Å²) in [5, 5.41) is 16.1. The highest BCUT2D eigenvalue weighted by atomic mass is 32.2. The van der Waals surface area contributed by atoms with Crippen molar-refractivity contribution in [2.45, 2.75) is 37.5 Å². The van der Waals surface area contributed by atoms with E-state index in [1.807, 2.05) is 74.6 Å². The second-order valence-electron chi connectivity index (χ2n) is 13.3. The fourth-order valence-corrected chi connectivity index (χ4v) is 7.54. The lowest BCUT2D eigenvalue weighted by Gasteiger charge is -2.29. The molecule has 1 saturated heterocycles. The Kier molecular flexibility index (Phi) is 9.48. The molecule has 11 nitrogen and oxygen atoms in total. The number of pyridine rings is 1. The van der Waals surface area contributed by atoms with Crippen LogP contribution in [0.15, 0.2) is 79.1 Å². The predicted molar refractivity (Wildman–Crippen MR) is 199 cm³/mol. The molecular weight excluding hydrogens is 649 g/mol. The third-order valence-electron chi connectivity index (χ3n) is 9.49. The number of hydrogen-bond acceptors (Lipinski definition) is 8. The van der Waals surface area contributed by atoms with Crippen molar-refractivity contribution in [1.82, 2.24) is 34.8 Å². The van der Waals surface area contributed by atoms with Crippen molar-refractivity contribution in [3.05, 3.63) is 84.7 Å². The van der Waals surface area contributed by atoms with Gasteiger partial charge < -0.3 is 15.0 Å². The van der Waals surface area contributed by atoms with Crippen LogP contribution < -0.4 is 10.1 Å². The maximum Gasteiger partial charge on any atom is 0.241 e. The molecule has 2 aromatic carbocycles. The lowest BCUT2D eigenvalue weighted by Crippen LogP contribution is -2.45. The number of nitrogens with zero attached hydrogens (tertiary/aromatic N) is 6. The molecule has 2 aliphatic heterocycles. The number of amides is 2. The SMILES string of the molecule is CS[C@@]1(C(=O)Nc2ccc3[nH]nc(-c4ccc(OC(C)C)nc4)c3c2)CCN(CC(=O)N2CC=C(c3ccc(-c4ccn(C)n4)cc3)CC2)C1. The van der Waals surface area contributed by atoms with Gasteiger partial charge in [0.05, 0.1) is 23.9 Å². The zero-order valence-electron chi connectivity index (χ0n) is 28.8. The summed E-state index contributed by atoms with van der Waals surface area (Å²) in [6, 6.07) is 20.0. The number of benzene rings is 2. The Hall–Kier alpha value is -4.94. The van der Waals surface area contributed by atoms with Gasteiger partial charge in [0, 0.05) is 73.9 Å². The van der Waals surface area contributed by atoms with Crippen LogP contribution in [0.2, 0.25) is 0 Å². The third kappa shape index (κ3) is 7.03. The number of thioether (sulfide) groups is 1. The molecule has 0 unspecified atom stereocenters. The van der Waals surface area contributed by atoms with Crippen LogP contribution in [0.1, 0.15) is 32.3 Å². The van der Waals surface area contributed by atoms with Crippen LogP contribution in [0.4, 0.5) is 5.69 Å². The Labute approximate surface area is 296 Å². The fourth-order valence-electron chi connectivity index (χ4n) is 6.70. The van der Waals surface area contributed by atoms with Gasteiger partial charge in [0.15, 0.2) is 0 Å². The summed E-state index contributed by atoms with van der Waals surface area (Å²) in [5.74, 6) is 0.604. The number of aryl methyl sites for hydroxylation is 1. The molecule has 0 radical (unpaired) electrons. The molecule has 258 valence electrons. The van der Waals surface area contributed by atoms with E-state index in [0.717, 1.165) is 39.8 Å². The van der Waals surface area contributed by atoms with Gasteiger partial charge in [-0.05, 0) is 74.4 Å². The lowest BCUT2D eigenvalue weighted by atomic mass is 9.98. The number of carbonyl (C=O) groups is 2. The summed E-state index contributed by atoms with van der Waals surface area (Å²) < 4.78 is 6.83. The van der Waals surface area contributed by atoms with Crippen molar-refractivity contribution >= 4 is 45.7 Å². The Bertz CT molecular complexity index is 2040. The van der Waals surface area contributed by atoms with Gasteiger partial charge in [-0.3, -0.25) is 24.3 Å². The number of H-pyrrole nitrogens is 1. The zero-order chi connectivity index (χ0) is 34.8. The monoisotopic (exact) mass is 690 g/mol. The Balaban J connectivity index is 0.955. The number of hydrogen-bond donors (Lipinski definition) is 2. The van der Waals surface area contributed by atoms with E-state index >= 15 is 0 Å². The number of ether oxygens (including phenoxy) is 1. The number of aromatic nitrogens is 5. The zero-order valence-corrected chi connectivity index (χ0v) is 29.7. The first-order valence-corrected chi connectivity index (χ1v) is 18.2. The highest BCUT2D eigenvalue weighted by molar-refractivity contribution is 8.00. The normalized spacial score (nSPS) is 18.1. The molecule has 0 spiro atoms. The van der Waals surface area contributed by atoms with E-state index in [9.17, 15) is 9.59 Å². The van der Waals surface area contributed by atoms with Gasteiger partial charge in [-0.2, -0.15) is 10.2 Å². The molecule has 7 rings (SSSR count). The number of likely N-dealkylation sites (tertiary alicyclic amines) is 1. The minimum Gasteiger partial charge on any atom is -0.475 e. The van der Waals surface area contributed by atoms with Crippen LogP contribution >= 0.6 is 11.8 Å². The van der Waals surface area contributed by atoms with Crippen molar-refractivity contribution in [3.8, 4) is 28.4 Å². The number of aromatic amines is 1. The molecule has 2 aliphatic rings. The van der Waals surface area contributed by atoms with E-state index in [1.165, 1.54) is 11.1 Å². The van der Waals surface area contributed by atoms with E-state index in [4.69, 9.17) is 4.74 Å². The van der Waals surface area contributed by atoms with E-state index in [-0.39, 0.29) is 17.9 Å². The predicted octanol–water partition coefficient (Wildman–Crippen LogP) is 5.87. The molecule has 2 N–H and O–H groups in total. The van der Waals surface area contributed by atoms with Gasteiger partial charge in [-0.1, -0.05) is 30.3 Å². The van der Waals surface area contributed by atoms with Crippen molar-refractivity contribution < 1.29 is 14.3 Å². The Morgan fingerprint density at radius 3 is 2.52 bits per heavy atom. The Morgan fingerprint density at radius 2 is 1.84 bits per heavy atom. The topological polar surface area (TPSA) is 121 Å². The second-order valence-corrected chi connectivity index (χ2v) is 14.5. The first kappa shape index (κ1) is 33.6. The minimum atomic E-state index is -0.652. The molecule has 0 bridgehead atoms. The number of anilines is 1. The summed E-state index contributed by atoms with van der Waals surface area (Å²) in [4.78, 5) is 35.7. The molecule has 1 atom stereocenters. The van der Waals surface area contributed by atoms with E-state index in [2.05, 4.69) is 60.8 Å². The molecule has 1 fully saturated rings. The van der Waals surface area contributed by atoms with E-state index in [0.29, 0.717) is 50.7 Å². The van der Waals surface area contributed by atoms with Gasteiger partial charge in [-0.25, -0.2) is 4.98 Å². The number of nitrogens with one attached hydrogen (secondary N) is 2. The summed E-state index contributed by atoms with van der Waals surface area (Å²) in [7, 11) is 1.92. The van der Waals surface area contributed by atoms with Crippen molar-refractivity contribution in [1.29, 1.82) is 0 Å². The first-order chi connectivity index (χ1) is 24.2. The standard InChI is InChI=1S/C38H42N8O3S/c1-25(2)49-34-12-9-29(22-39-34)36-31-21-30(10-11-33(31)41-42-36)40-37(48)38(50-4)16-20-45(24-38)23-35(47)46-18-13-27(14-19-46)26-5-7-28(8-6-26)32-15-17-44(3)43-32/h5-13,15,17,21-22,25H,14,16,18-20,23-24H2,1-4H3,(H,40,48)(H,41,42)/t38-/m0/s1. The highest BCUT2D eigenvalue weighted by Crippen LogP contribution is 2.36. The largest absolute Gasteiger partial charge is 0.475 e. The molecule has 3 aromatic heterocycles. The Morgan fingerprint density at radius 1 is 1.04 bits per heavy atom. The summed E-state index contributed by atoms with van der Waals surface area (Å²) in [6.07, 6.45) is 9.34. The molecule has 5 heterocycles. The average molecular weight is 691 g/mol.